The normalized spacial score (nSPS) is 12.9. The summed E-state index contributed by atoms with van der Waals surface area (Å²) in [6, 6.07) is 4.56. The Morgan fingerprint density at radius 2 is 1.83 bits per heavy atom. The monoisotopic (exact) mass is 619 g/mol. The third kappa shape index (κ3) is 9.95. The number of hydrogen-bond acceptors (Lipinski definition) is 8. The molecule has 0 radical (unpaired) electrons. The van der Waals surface area contributed by atoms with Crippen LogP contribution < -0.4 is 20.5 Å². The average Bonchev–Trinajstić information content (AvgIpc) is 3.19. The van der Waals surface area contributed by atoms with Crippen molar-refractivity contribution in [1.29, 1.82) is 0 Å². The first kappa shape index (κ1) is 30.5. The molecule has 18 heteroatoms. The Hall–Kier alpha value is -1.75. The van der Waals surface area contributed by atoms with Crippen LogP contribution in [0.4, 0.5) is 0 Å². The van der Waals surface area contributed by atoms with Gasteiger partial charge < -0.3 is 15.6 Å². The second-order valence-corrected chi connectivity index (χ2v) is 13.7. The molecule has 0 aliphatic carbocycles. The smallest absolute Gasteiger partial charge is 0.272 e. The predicted molar refractivity (Wildman–Crippen MR) is 141 cm³/mol. The van der Waals surface area contributed by atoms with E-state index in [1.807, 2.05) is 6.92 Å². The number of rotatable bonds is 11. The van der Waals surface area contributed by atoms with Gasteiger partial charge in [0.25, 0.3) is 19.7 Å². The van der Waals surface area contributed by atoms with E-state index in [-0.39, 0.29) is 35.4 Å². The van der Waals surface area contributed by atoms with Crippen molar-refractivity contribution in [2.75, 3.05) is 25.4 Å². The highest BCUT2D eigenvalue weighted by atomic mass is 35.6. The number of amides is 1. The fourth-order valence-electron chi connectivity index (χ4n) is 2.51. The molecule has 1 aromatic carbocycles. The molecule has 0 aliphatic rings. The van der Waals surface area contributed by atoms with E-state index in [1.54, 1.807) is 18.1 Å². The molecule has 1 heterocycles. The van der Waals surface area contributed by atoms with Crippen molar-refractivity contribution in [1.82, 2.24) is 25.3 Å². The number of H-pyrrole nitrogens is 1. The number of carbonyl (C=O) groups excluding carboxylic acids is 1. The zero-order valence-corrected chi connectivity index (χ0v) is 23.5. The molecule has 2 aromatic rings. The number of aromatic nitrogens is 2. The Morgan fingerprint density at radius 1 is 1.17 bits per heavy atom. The van der Waals surface area contributed by atoms with Crippen molar-refractivity contribution in [3.05, 3.63) is 42.0 Å². The summed E-state index contributed by atoms with van der Waals surface area (Å²) in [6.45, 7) is 2.16. The molecule has 0 spiro atoms. The summed E-state index contributed by atoms with van der Waals surface area (Å²) in [4.78, 5) is 22.4. The van der Waals surface area contributed by atoms with Gasteiger partial charge in [0.05, 0.1) is 28.4 Å². The number of guanidine groups is 1. The van der Waals surface area contributed by atoms with Gasteiger partial charge >= 0.3 is 0 Å². The predicted octanol–water partition coefficient (Wildman–Crippen LogP) is 1.01. The van der Waals surface area contributed by atoms with Gasteiger partial charge in [-0.15, -0.1) is 0 Å². The van der Waals surface area contributed by atoms with Crippen LogP contribution in [0.25, 0.3) is 0 Å². The Kier molecular flexibility index (Phi) is 11.1. The van der Waals surface area contributed by atoms with Crippen LogP contribution in [0.5, 0.6) is 0 Å². The summed E-state index contributed by atoms with van der Waals surface area (Å²) in [6.07, 6.45) is 1.60. The first-order valence-corrected chi connectivity index (χ1v) is 15.4. The number of aliphatic imine (C=N–C) groups is 1. The fourth-order valence-corrected chi connectivity index (χ4v) is 5.24. The van der Waals surface area contributed by atoms with Gasteiger partial charge in [0, 0.05) is 30.3 Å². The van der Waals surface area contributed by atoms with Gasteiger partial charge in [-0.25, -0.2) is 31.7 Å². The molecule has 1 amide bonds. The van der Waals surface area contributed by atoms with E-state index in [4.69, 9.17) is 39.9 Å². The molecule has 6 N–H and O–H groups in total. The van der Waals surface area contributed by atoms with Crippen molar-refractivity contribution < 1.29 is 21.6 Å². The number of aryl methyl sites for hydroxylation is 1. The number of alkyl halides is 3. The number of nitrogens with zero attached hydrogens (tertiary/aromatic N) is 2. The van der Waals surface area contributed by atoms with Crippen molar-refractivity contribution in [2.24, 2.45) is 10.1 Å². The van der Waals surface area contributed by atoms with Crippen molar-refractivity contribution >= 4 is 78.5 Å². The van der Waals surface area contributed by atoms with Crippen LogP contribution in [0.2, 0.25) is 0 Å². The Morgan fingerprint density at radius 3 is 2.44 bits per heavy atom. The van der Waals surface area contributed by atoms with Gasteiger partial charge in [-0.3, -0.25) is 9.79 Å². The van der Waals surface area contributed by atoms with Crippen LogP contribution in [-0.4, -0.2) is 67.8 Å². The number of nitrogens with one attached hydrogen (secondary N) is 4. The number of carbonyl (C=O) groups is 1. The lowest BCUT2D eigenvalue weighted by atomic mass is 10.4. The molecular formula is C18H24Cl3N7O5S3. The van der Waals surface area contributed by atoms with E-state index in [1.165, 1.54) is 18.2 Å². The maximum atomic E-state index is 12.9. The van der Waals surface area contributed by atoms with E-state index in [0.717, 1.165) is 17.5 Å². The topological polar surface area (TPSA) is 188 Å². The van der Waals surface area contributed by atoms with Crippen LogP contribution in [0, 0.1) is 6.92 Å². The number of sulfonamides is 2. The molecule has 0 unspecified atom stereocenters. The quantitative estimate of drug-likeness (QED) is 0.106. The minimum absolute atomic E-state index is 0.0123. The molecule has 1 aromatic heterocycles. The van der Waals surface area contributed by atoms with Gasteiger partial charge in [0.15, 0.2) is 0 Å². The summed E-state index contributed by atoms with van der Waals surface area (Å²) < 4.78 is 49.1. The third-order valence-electron chi connectivity index (χ3n) is 4.31. The van der Waals surface area contributed by atoms with E-state index >= 15 is 0 Å². The van der Waals surface area contributed by atoms with Crippen LogP contribution >= 0.6 is 46.6 Å². The Balaban J connectivity index is 2.08. The molecule has 0 atom stereocenters. The lowest BCUT2D eigenvalue weighted by Crippen LogP contribution is -2.45. The highest BCUT2D eigenvalue weighted by molar-refractivity contribution is 7.98. The number of thioether (sulfide) groups is 1. The fraction of sp³-hybridized carbons (Fsp3) is 0.389. The number of nitrogens with two attached hydrogens (primary N) is 1. The second-order valence-electron chi connectivity index (χ2n) is 7.06. The van der Waals surface area contributed by atoms with Gasteiger partial charge in [-0.2, -0.15) is 11.8 Å². The highest BCUT2D eigenvalue weighted by Gasteiger charge is 2.30. The zero-order chi connectivity index (χ0) is 27.0. The number of aromatic amines is 1. The molecule has 12 nitrogen and oxygen atoms in total. The molecular weight excluding hydrogens is 597 g/mol. The van der Waals surface area contributed by atoms with Gasteiger partial charge in [-0.1, -0.05) is 40.9 Å². The molecule has 0 saturated carbocycles. The molecule has 36 heavy (non-hydrogen) atoms. The van der Waals surface area contributed by atoms with E-state index in [2.05, 4.69) is 30.3 Å². The summed E-state index contributed by atoms with van der Waals surface area (Å²) in [5, 5.41) is 10.2. The Labute approximate surface area is 228 Å². The first-order chi connectivity index (χ1) is 16.7. The van der Waals surface area contributed by atoms with Crippen molar-refractivity contribution in [2.45, 2.75) is 26.3 Å². The number of halogens is 3. The SMILES string of the molecule is Cc1[nH]cnc1CSCCN=C(NCCNC(=O)C(Cl)(Cl)Cl)NS(=O)(=O)c1cccc(S(N)(=O)=O)c1. The van der Waals surface area contributed by atoms with Crippen molar-refractivity contribution in [3.8, 4) is 0 Å². The van der Waals surface area contributed by atoms with E-state index in [9.17, 15) is 21.6 Å². The number of imidazole rings is 1. The molecule has 0 fully saturated rings. The molecule has 0 bridgehead atoms. The van der Waals surface area contributed by atoms with Gasteiger partial charge in [0.1, 0.15) is 0 Å². The van der Waals surface area contributed by atoms with E-state index in [0.29, 0.717) is 11.5 Å². The maximum Gasteiger partial charge on any atom is 0.272 e. The summed E-state index contributed by atoms with van der Waals surface area (Å²) in [5.41, 5.74) is 1.86. The van der Waals surface area contributed by atoms with Gasteiger partial charge in [-0.05, 0) is 25.1 Å². The molecule has 2 rings (SSSR count). The summed E-state index contributed by atoms with van der Waals surface area (Å²) in [7, 11) is -8.35. The lowest BCUT2D eigenvalue weighted by Gasteiger charge is -2.15. The minimum atomic E-state index is -4.24. The van der Waals surface area contributed by atoms with Crippen LogP contribution in [-0.2, 0) is 30.6 Å². The number of primary sulfonamides is 1. The minimum Gasteiger partial charge on any atom is -0.354 e. The van der Waals surface area contributed by atoms with E-state index < -0.39 is 29.7 Å². The van der Waals surface area contributed by atoms with Crippen LogP contribution in [0.3, 0.4) is 0 Å². The maximum absolute atomic E-state index is 12.9. The lowest BCUT2D eigenvalue weighted by molar-refractivity contribution is -0.120. The summed E-state index contributed by atoms with van der Waals surface area (Å²) >= 11 is 18.0. The van der Waals surface area contributed by atoms with Crippen LogP contribution in [0.15, 0.2) is 45.4 Å². The highest BCUT2D eigenvalue weighted by Crippen LogP contribution is 2.25. The largest absolute Gasteiger partial charge is 0.354 e. The summed E-state index contributed by atoms with van der Waals surface area (Å²) in [5.74, 6) is 0.210. The third-order valence-corrected chi connectivity index (χ3v) is 8.03. The second kappa shape index (κ2) is 13.2. The number of hydrogen-bond donors (Lipinski definition) is 5. The van der Waals surface area contributed by atoms with Crippen LogP contribution in [0.1, 0.15) is 11.4 Å². The van der Waals surface area contributed by atoms with Gasteiger partial charge in [0.2, 0.25) is 16.0 Å². The Bertz CT molecular complexity index is 1300. The zero-order valence-electron chi connectivity index (χ0n) is 18.8. The molecule has 0 aliphatic heterocycles. The molecule has 0 saturated heterocycles. The van der Waals surface area contributed by atoms with Crippen molar-refractivity contribution in [3.63, 3.8) is 0 Å². The molecule has 200 valence electrons. The standard InChI is InChI=1S/C18H24Cl3N7O5S3/c1-12-15(27-11-26-12)10-34-8-7-25-17(24-6-5-23-16(29)18(19,20)21)28-36(32,33)14-4-2-3-13(9-14)35(22,30)31/h2-4,9,11H,5-8,10H2,1H3,(H,23,29)(H,26,27)(H2,22,30,31)(H2,24,25,28). The first-order valence-electron chi connectivity index (χ1n) is 10.1. The average molecular weight is 621 g/mol. The number of benzene rings is 1.